The van der Waals surface area contributed by atoms with Gasteiger partial charge in [0.05, 0.1) is 30.5 Å². The van der Waals surface area contributed by atoms with Crippen LogP contribution in [-0.4, -0.2) is 48.6 Å². The van der Waals surface area contributed by atoms with Crippen LogP contribution in [0.25, 0.3) is 16.3 Å². The first kappa shape index (κ1) is 23.3. The van der Waals surface area contributed by atoms with Crippen LogP contribution in [0, 0.1) is 0 Å². The number of thiazole rings is 1. The molecule has 7 nitrogen and oxygen atoms in total. The van der Waals surface area contributed by atoms with Crippen molar-refractivity contribution in [2.45, 2.75) is 26.5 Å². The second kappa shape index (κ2) is 10.8. The van der Waals surface area contributed by atoms with Crippen LogP contribution < -0.4 is 9.47 Å². The summed E-state index contributed by atoms with van der Waals surface area (Å²) in [5.74, 6) is 0.299. The molecule has 0 aliphatic carbocycles. The Labute approximate surface area is 191 Å². The number of fused-ring (bicyclic) bond motifs is 1. The third-order valence-corrected chi connectivity index (χ3v) is 5.65. The van der Waals surface area contributed by atoms with Crippen molar-refractivity contribution in [3.63, 3.8) is 0 Å². The summed E-state index contributed by atoms with van der Waals surface area (Å²) in [4.78, 5) is 30.9. The first-order valence-electron chi connectivity index (χ1n) is 10.2. The lowest BCUT2D eigenvalue weighted by molar-refractivity contribution is -0.154. The summed E-state index contributed by atoms with van der Waals surface area (Å²) in [6, 6.07) is 13.2. The zero-order chi connectivity index (χ0) is 23.1. The zero-order valence-electron chi connectivity index (χ0n) is 18.5. The third-order valence-electron chi connectivity index (χ3n) is 4.63. The molecule has 0 saturated heterocycles. The Balaban J connectivity index is 1.56. The summed E-state index contributed by atoms with van der Waals surface area (Å²) >= 11 is 1.54. The van der Waals surface area contributed by atoms with Crippen molar-refractivity contribution in [2.24, 2.45) is 0 Å². The van der Waals surface area contributed by atoms with Crippen molar-refractivity contribution in [1.82, 2.24) is 9.88 Å². The number of amides is 1. The van der Waals surface area contributed by atoms with Crippen LogP contribution in [0.2, 0.25) is 0 Å². The van der Waals surface area contributed by atoms with Crippen molar-refractivity contribution in [2.75, 3.05) is 20.8 Å². The lowest BCUT2D eigenvalue weighted by atomic mass is 10.2. The van der Waals surface area contributed by atoms with Gasteiger partial charge in [0.25, 0.3) is 5.91 Å². The molecule has 1 amide bonds. The molecule has 1 atom stereocenters. The van der Waals surface area contributed by atoms with Crippen LogP contribution in [0.1, 0.15) is 24.4 Å². The molecule has 1 aromatic heterocycles. The molecule has 1 unspecified atom stereocenters. The molecular formula is C24H26N2O5S. The fourth-order valence-corrected chi connectivity index (χ4v) is 4.09. The minimum atomic E-state index is -0.915. The quantitative estimate of drug-likeness (QED) is 0.354. The van der Waals surface area contributed by atoms with Gasteiger partial charge in [0.1, 0.15) is 5.01 Å². The number of methoxy groups -OCH3 is 1. The number of esters is 1. The number of hydrogen-bond donors (Lipinski definition) is 0. The maximum absolute atomic E-state index is 12.6. The van der Waals surface area contributed by atoms with Crippen molar-refractivity contribution < 1.29 is 23.8 Å². The van der Waals surface area contributed by atoms with Crippen molar-refractivity contribution in [1.29, 1.82) is 0 Å². The van der Waals surface area contributed by atoms with Gasteiger partial charge in [-0.1, -0.05) is 18.2 Å². The first-order valence-corrected chi connectivity index (χ1v) is 11.0. The summed E-state index contributed by atoms with van der Waals surface area (Å²) in [6.45, 7) is 4.32. The molecule has 3 aromatic rings. The van der Waals surface area contributed by atoms with Gasteiger partial charge in [-0.05, 0) is 49.8 Å². The number of nitrogens with zero attached hydrogens (tertiary/aromatic N) is 2. The lowest BCUT2D eigenvalue weighted by Gasteiger charge is -2.20. The second-order valence-corrected chi connectivity index (χ2v) is 8.14. The van der Waals surface area contributed by atoms with Gasteiger partial charge >= 0.3 is 5.97 Å². The maximum Gasteiger partial charge on any atom is 0.331 e. The molecule has 0 aliphatic rings. The number of carbonyl (C=O) groups excluding carboxylic acids is 2. The van der Waals surface area contributed by atoms with E-state index in [9.17, 15) is 9.59 Å². The second-order valence-electron chi connectivity index (χ2n) is 7.03. The summed E-state index contributed by atoms with van der Waals surface area (Å²) in [5, 5.41) is 0.824. The van der Waals surface area contributed by atoms with Gasteiger partial charge < -0.3 is 19.1 Å². The number of benzene rings is 2. The Morgan fingerprint density at radius 1 is 1.19 bits per heavy atom. The van der Waals surface area contributed by atoms with Gasteiger partial charge in [-0.3, -0.25) is 4.79 Å². The molecule has 1 heterocycles. The predicted octanol–water partition coefficient (Wildman–Crippen LogP) is 4.31. The number of ether oxygens (including phenoxy) is 3. The third kappa shape index (κ3) is 5.85. The summed E-state index contributed by atoms with van der Waals surface area (Å²) in [7, 11) is 3.22. The Morgan fingerprint density at radius 3 is 2.69 bits per heavy atom. The van der Waals surface area contributed by atoms with Gasteiger partial charge in [-0.15, -0.1) is 11.3 Å². The molecule has 3 rings (SSSR count). The molecular weight excluding hydrogens is 428 g/mol. The Kier molecular flexibility index (Phi) is 7.83. The van der Waals surface area contributed by atoms with E-state index in [1.165, 1.54) is 22.3 Å². The SMILES string of the molecule is CCOc1ccc(/C=C/C(=O)OC(C)C(=O)N(C)Cc2nc3ccccc3s2)cc1OC. The molecule has 0 fully saturated rings. The molecule has 32 heavy (non-hydrogen) atoms. The van der Waals surface area contributed by atoms with E-state index in [1.54, 1.807) is 45.4 Å². The lowest BCUT2D eigenvalue weighted by Crippen LogP contribution is -2.36. The average Bonchev–Trinajstić information content (AvgIpc) is 3.20. The van der Waals surface area contributed by atoms with E-state index in [1.807, 2.05) is 31.2 Å². The molecule has 0 saturated carbocycles. The highest BCUT2D eigenvalue weighted by Gasteiger charge is 2.21. The minimum Gasteiger partial charge on any atom is -0.493 e. The van der Waals surface area contributed by atoms with Crippen LogP contribution in [0.15, 0.2) is 48.5 Å². The van der Waals surface area contributed by atoms with E-state index in [2.05, 4.69) is 4.98 Å². The molecule has 0 spiro atoms. The highest BCUT2D eigenvalue weighted by molar-refractivity contribution is 7.18. The maximum atomic E-state index is 12.6. The van der Waals surface area contributed by atoms with Crippen LogP contribution in [-0.2, 0) is 20.9 Å². The fourth-order valence-electron chi connectivity index (χ4n) is 3.07. The normalized spacial score (nSPS) is 12.0. The Morgan fingerprint density at radius 2 is 1.97 bits per heavy atom. The number of carbonyl (C=O) groups is 2. The highest BCUT2D eigenvalue weighted by Crippen LogP contribution is 2.28. The monoisotopic (exact) mass is 454 g/mol. The van der Waals surface area contributed by atoms with E-state index < -0.39 is 12.1 Å². The van der Waals surface area contributed by atoms with E-state index in [0.29, 0.717) is 24.7 Å². The van der Waals surface area contributed by atoms with Crippen LogP contribution in [0.3, 0.4) is 0 Å². The number of para-hydroxylation sites is 1. The standard InChI is InChI=1S/C24H26N2O5S/c1-5-30-19-12-10-17(14-20(19)29-4)11-13-23(27)31-16(2)24(28)26(3)15-22-25-18-8-6-7-9-21(18)32-22/h6-14,16H,5,15H2,1-4H3/b13-11+. The summed E-state index contributed by atoms with van der Waals surface area (Å²) in [5.41, 5.74) is 1.65. The largest absolute Gasteiger partial charge is 0.493 e. The molecule has 8 heteroatoms. The minimum absolute atomic E-state index is 0.297. The number of hydrogen-bond acceptors (Lipinski definition) is 7. The Hall–Kier alpha value is -3.39. The van der Waals surface area contributed by atoms with E-state index in [4.69, 9.17) is 14.2 Å². The number of likely N-dealkylation sites (N-methyl/N-ethyl adjacent to an activating group) is 1. The molecule has 0 bridgehead atoms. The van der Waals surface area contributed by atoms with Crippen molar-refractivity contribution in [3.05, 3.63) is 59.1 Å². The molecule has 2 aromatic carbocycles. The number of aromatic nitrogens is 1. The van der Waals surface area contributed by atoms with Gasteiger partial charge in [-0.25, -0.2) is 9.78 Å². The Bertz CT molecular complexity index is 1090. The molecule has 0 radical (unpaired) electrons. The van der Waals surface area contributed by atoms with Gasteiger partial charge in [-0.2, -0.15) is 0 Å². The van der Waals surface area contributed by atoms with Crippen LogP contribution in [0.4, 0.5) is 0 Å². The zero-order valence-corrected chi connectivity index (χ0v) is 19.3. The van der Waals surface area contributed by atoms with Crippen molar-refractivity contribution >= 4 is 39.5 Å². The fraction of sp³-hybridized carbons (Fsp3) is 0.292. The van der Waals surface area contributed by atoms with E-state index in [-0.39, 0.29) is 5.91 Å². The molecule has 168 valence electrons. The molecule has 0 aliphatic heterocycles. The van der Waals surface area contributed by atoms with Crippen LogP contribution in [0.5, 0.6) is 11.5 Å². The van der Waals surface area contributed by atoms with Gasteiger partial charge in [0.15, 0.2) is 17.6 Å². The van der Waals surface area contributed by atoms with Crippen LogP contribution >= 0.6 is 11.3 Å². The van der Waals surface area contributed by atoms with E-state index in [0.717, 1.165) is 20.8 Å². The first-order chi connectivity index (χ1) is 15.4. The molecule has 0 N–H and O–H groups in total. The number of rotatable bonds is 9. The summed E-state index contributed by atoms with van der Waals surface area (Å²) < 4.78 is 17.1. The topological polar surface area (TPSA) is 78.0 Å². The van der Waals surface area contributed by atoms with Gasteiger partial charge in [0, 0.05) is 13.1 Å². The summed E-state index contributed by atoms with van der Waals surface area (Å²) in [6.07, 6.45) is 1.97. The van der Waals surface area contributed by atoms with Crippen molar-refractivity contribution in [3.8, 4) is 11.5 Å². The van der Waals surface area contributed by atoms with E-state index >= 15 is 0 Å². The highest BCUT2D eigenvalue weighted by atomic mass is 32.1. The smallest absolute Gasteiger partial charge is 0.331 e. The predicted molar refractivity (Wildman–Crippen MR) is 125 cm³/mol. The average molecular weight is 455 g/mol. The van der Waals surface area contributed by atoms with Gasteiger partial charge in [0.2, 0.25) is 0 Å².